The van der Waals surface area contributed by atoms with Gasteiger partial charge in [-0.05, 0) is 84.3 Å². The molecule has 52 heavy (non-hydrogen) atoms. The Hall–Kier alpha value is -3.01. The van der Waals surface area contributed by atoms with Gasteiger partial charge in [-0.1, -0.05) is 130 Å². The first-order chi connectivity index (χ1) is 24.1. The monoisotopic (exact) mass is 884 g/mol. The fraction of sp³-hybridized carbons (Fsp3) is 0.532. The van der Waals surface area contributed by atoms with Crippen molar-refractivity contribution in [3.05, 3.63) is 77.2 Å². The van der Waals surface area contributed by atoms with E-state index in [0.717, 1.165) is 65.6 Å². The third-order valence-corrected chi connectivity index (χ3v) is 9.56. The summed E-state index contributed by atoms with van der Waals surface area (Å²) in [6, 6.07) is 17.3. The van der Waals surface area contributed by atoms with E-state index < -0.39 is 5.89 Å². The molecular formula is C47H64IrNO3-. The number of aliphatic hydroxyl groups is 1. The van der Waals surface area contributed by atoms with E-state index in [-0.39, 0.29) is 53.8 Å². The van der Waals surface area contributed by atoms with Gasteiger partial charge in [0.2, 0.25) is 0 Å². The molecule has 0 saturated carbocycles. The van der Waals surface area contributed by atoms with Gasteiger partial charge in [-0.15, -0.1) is 17.5 Å². The quantitative estimate of drug-likeness (QED) is 0.0862. The van der Waals surface area contributed by atoms with Crippen LogP contribution in [0.25, 0.3) is 32.8 Å². The number of ketones is 1. The number of aromatic nitrogens is 1. The minimum absolute atomic E-state index is 0. The van der Waals surface area contributed by atoms with E-state index in [9.17, 15) is 9.90 Å². The molecule has 285 valence electrons. The first kappa shape index (κ1) is 41.7. The van der Waals surface area contributed by atoms with Crippen LogP contribution in [-0.2, 0) is 44.2 Å². The molecule has 0 unspecified atom stereocenters. The number of rotatable bonds is 10. The summed E-state index contributed by atoms with van der Waals surface area (Å²) in [4.78, 5) is 16.7. The van der Waals surface area contributed by atoms with E-state index in [1.165, 1.54) is 33.5 Å². The van der Waals surface area contributed by atoms with Crippen LogP contribution < -0.4 is 4.74 Å². The number of fused-ring (bicyclic) bond motifs is 3. The number of ether oxygens (including phenoxy) is 1. The second-order valence-corrected chi connectivity index (χ2v) is 18.1. The summed E-state index contributed by atoms with van der Waals surface area (Å²) in [6.45, 7) is 28.3. The van der Waals surface area contributed by atoms with Gasteiger partial charge in [0.1, 0.15) is 5.75 Å². The summed E-state index contributed by atoms with van der Waals surface area (Å²) in [6.07, 6.45) is 8.75. The molecule has 1 N–H and O–H groups in total. The molecule has 4 nitrogen and oxygen atoms in total. The molecule has 0 fully saturated rings. The van der Waals surface area contributed by atoms with Crippen LogP contribution in [0.15, 0.2) is 54.4 Å². The van der Waals surface area contributed by atoms with Gasteiger partial charge in [0.15, 0.2) is 5.78 Å². The molecule has 0 saturated heterocycles. The maximum atomic E-state index is 11.8. The van der Waals surface area contributed by atoms with E-state index in [0.29, 0.717) is 12.8 Å². The number of pyridine rings is 1. The topological polar surface area (TPSA) is 59.4 Å². The van der Waals surface area contributed by atoms with Crippen LogP contribution in [0.3, 0.4) is 0 Å². The normalized spacial score (nSPS) is 13.6. The summed E-state index contributed by atoms with van der Waals surface area (Å²) >= 11 is 0. The smallest absolute Gasteiger partial charge is 0.162 e. The Balaban J connectivity index is 0.000000379. The number of carbonyl (C=O) groups excluding carboxylic acids is 1. The molecule has 1 aliphatic heterocycles. The van der Waals surface area contributed by atoms with E-state index in [4.69, 9.17) is 11.1 Å². The first-order valence-electron chi connectivity index (χ1n) is 19.7. The van der Waals surface area contributed by atoms with Crippen molar-refractivity contribution in [3.63, 3.8) is 0 Å². The van der Waals surface area contributed by atoms with Crippen LogP contribution in [0.1, 0.15) is 134 Å². The average Bonchev–Trinajstić information content (AvgIpc) is 3.03. The summed E-state index contributed by atoms with van der Waals surface area (Å²) < 4.78 is 14.8. The molecule has 0 amide bonds. The largest absolute Gasteiger partial charge is 0.512 e. The van der Waals surface area contributed by atoms with E-state index in [1.807, 2.05) is 33.9 Å². The second-order valence-electron chi connectivity index (χ2n) is 18.1. The third kappa shape index (κ3) is 11.0. The number of nitrogens with zero attached hydrogens (tertiary/aromatic N) is 1. The fourth-order valence-electron chi connectivity index (χ4n) is 7.22. The number of benzene rings is 3. The van der Waals surface area contributed by atoms with Crippen LogP contribution in [-0.4, -0.2) is 15.9 Å². The van der Waals surface area contributed by atoms with Gasteiger partial charge in [0, 0.05) is 56.6 Å². The summed E-state index contributed by atoms with van der Waals surface area (Å²) in [5, 5.41) is 14.5. The van der Waals surface area contributed by atoms with Crippen molar-refractivity contribution >= 4 is 27.3 Å². The SMILES string of the molecule is CC(C)(C)Cc1ccc2c(CC(C)(C)C)c3c([c-]c2c1)-c1nccc2cc(CC(C)(C)C)cc(c12)O3.[2H]C(CC)(CC)/C(O)=C/C(=O)C(CC)CC.[Ir]. The minimum atomic E-state index is -0.998. The fourth-order valence-corrected chi connectivity index (χ4v) is 7.22. The molecule has 2 heterocycles. The first-order valence-corrected chi connectivity index (χ1v) is 19.2. The minimum Gasteiger partial charge on any atom is -0.512 e. The molecule has 0 bridgehead atoms. The zero-order valence-corrected chi connectivity index (χ0v) is 36.6. The Bertz CT molecular complexity index is 1930. The van der Waals surface area contributed by atoms with Gasteiger partial charge in [-0.2, -0.15) is 0 Å². The molecular weight excluding hydrogens is 819 g/mol. The van der Waals surface area contributed by atoms with E-state index in [1.54, 1.807) is 0 Å². The standard InChI is InChI=1S/C34H40NO.C13H24O2.Ir/c1-32(2,3)18-21-10-11-25-24(14-21)17-26-30-29-23(12-13-35-30)15-22(19-33(4,5)6)16-28(29)36-31(26)27(25)20-34(7,8)9;1-5-10(6-2)12(14)9-13(15)11(7-3)8-4;/h10-16H,18-20H2,1-9H3;9-11,14H,5-8H2,1-4H3;/q-1;;/b;12-9-;/i;10D;. The Morgan fingerprint density at radius 3 is 2.00 bits per heavy atom. The van der Waals surface area contributed by atoms with Crippen molar-refractivity contribution in [3.8, 4) is 22.8 Å². The van der Waals surface area contributed by atoms with Crippen molar-refractivity contribution in [1.82, 2.24) is 4.98 Å². The molecule has 4 aromatic rings. The molecule has 0 atom stereocenters. The van der Waals surface area contributed by atoms with Crippen molar-refractivity contribution in [2.24, 2.45) is 28.1 Å². The van der Waals surface area contributed by atoms with Crippen molar-refractivity contribution in [1.29, 1.82) is 0 Å². The number of aliphatic hydroxyl groups excluding tert-OH is 1. The van der Waals surface area contributed by atoms with Gasteiger partial charge in [-0.3, -0.25) is 9.78 Å². The maximum Gasteiger partial charge on any atom is 0.162 e. The van der Waals surface area contributed by atoms with Crippen molar-refractivity contribution in [2.45, 2.75) is 135 Å². The Labute approximate surface area is 330 Å². The molecule has 3 aromatic carbocycles. The van der Waals surface area contributed by atoms with Crippen LogP contribution in [0.2, 0.25) is 0 Å². The molecule has 1 radical (unpaired) electrons. The summed E-state index contributed by atoms with van der Waals surface area (Å²) in [5.74, 6) is 0.688. The Morgan fingerprint density at radius 2 is 1.44 bits per heavy atom. The van der Waals surface area contributed by atoms with Gasteiger partial charge in [0.25, 0.3) is 0 Å². The van der Waals surface area contributed by atoms with Gasteiger partial charge >= 0.3 is 0 Å². The second kappa shape index (κ2) is 17.4. The van der Waals surface area contributed by atoms with Gasteiger partial charge in [-0.25, -0.2) is 0 Å². The predicted molar refractivity (Wildman–Crippen MR) is 217 cm³/mol. The molecule has 1 aliphatic rings. The molecule has 0 spiro atoms. The van der Waals surface area contributed by atoms with Gasteiger partial charge in [0.05, 0.1) is 11.5 Å². The zero-order valence-electron chi connectivity index (χ0n) is 35.2. The van der Waals surface area contributed by atoms with Gasteiger partial charge < -0.3 is 9.84 Å². The number of carbonyl (C=O) groups is 1. The van der Waals surface area contributed by atoms with Crippen LogP contribution in [0.4, 0.5) is 0 Å². The number of hydrogen-bond acceptors (Lipinski definition) is 4. The Morgan fingerprint density at radius 1 is 0.846 bits per heavy atom. The average molecular weight is 884 g/mol. The molecule has 0 aliphatic carbocycles. The van der Waals surface area contributed by atoms with Crippen LogP contribution in [0.5, 0.6) is 11.5 Å². The van der Waals surface area contributed by atoms with E-state index >= 15 is 0 Å². The van der Waals surface area contributed by atoms with E-state index in [2.05, 4.69) is 105 Å². The number of allylic oxidation sites excluding steroid dienone is 2. The van der Waals surface area contributed by atoms with Crippen molar-refractivity contribution < 1.29 is 36.1 Å². The zero-order chi connectivity index (χ0) is 38.8. The molecule has 5 heteroatoms. The third-order valence-electron chi connectivity index (χ3n) is 9.56. The number of hydrogen-bond donors (Lipinski definition) is 1. The Kier molecular flexibility index (Phi) is 14.0. The predicted octanol–water partition coefficient (Wildman–Crippen LogP) is 13.6. The summed E-state index contributed by atoms with van der Waals surface area (Å²) in [5.41, 5.74) is 6.46. The van der Waals surface area contributed by atoms with Crippen molar-refractivity contribution in [2.75, 3.05) is 0 Å². The molecule has 5 rings (SSSR count). The molecule has 1 aromatic heterocycles. The van der Waals surface area contributed by atoms with Crippen LogP contribution >= 0.6 is 0 Å². The maximum absolute atomic E-state index is 11.8. The summed E-state index contributed by atoms with van der Waals surface area (Å²) in [7, 11) is 0. The van der Waals surface area contributed by atoms with Crippen LogP contribution in [0, 0.1) is 34.1 Å².